The lowest BCUT2D eigenvalue weighted by Gasteiger charge is -2.35. The van der Waals surface area contributed by atoms with Crippen LogP contribution in [-0.2, 0) is 5.41 Å². The summed E-state index contributed by atoms with van der Waals surface area (Å²) in [6.07, 6.45) is 0. The smallest absolute Gasteiger partial charge is 0.0714 e. The minimum Gasteiger partial charge on any atom is -0.311 e. The molecule has 0 saturated carbocycles. The normalized spacial score (nSPS) is 12.9. The summed E-state index contributed by atoms with van der Waals surface area (Å²) in [4.78, 5) is 2.36. The van der Waals surface area contributed by atoms with Crippen molar-refractivity contribution in [3.05, 3.63) is 228 Å². The van der Waals surface area contributed by atoms with Gasteiger partial charge < -0.3 is 9.47 Å². The van der Waals surface area contributed by atoms with Gasteiger partial charge in [-0.1, -0.05) is 145 Å². The van der Waals surface area contributed by atoms with Crippen LogP contribution in [0.4, 0.5) is 17.1 Å². The summed E-state index contributed by atoms with van der Waals surface area (Å²) in [5.74, 6) is 0. The molecule has 9 aromatic rings. The third-order valence-corrected chi connectivity index (χ3v) is 11.2. The Morgan fingerprint density at radius 3 is 1.38 bits per heavy atom. The molecule has 0 aliphatic heterocycles. The van der Waals surface area contributed by atoms with Gasteiger partial charge in [0.25, 0.3) is 0 Å². The first-order valence-electron chi connectivity index (χ1n) is 18.4. The van der Waals surface area contributed by atoms with Gasteiger partial charge in [-0.2, -0.15) is 0 Å². The van der Waals surface area contributed by atoms with E-state index in [-0.39, 0.29) is 0 Å². The molecule has 0 radical (unpaired) electrons. The van der Waals surface area contributed by atoms with E-state index in [2.05, 4.69) is 217 Å². The predicted octanol–water partition coefficient (Wildman–Crippen LogP) is 13.2. The first kappa shape index (κ1) is 31.1. The number of rotatable bonds is 6. The minimum absolute atomic E-state index is 0.529. The summed E-state index contributed by atoms with van der Waals surface area (Å²) in [5, 5.41) is 2.53. The standard InChI is InChI=1S/C51H38N2/c1-35-22-28-39(29-23-35)52(40-30-24-36(2)25-31-40)41-32-26-37(27-33-41)51(47-18-7-3-14-43(47)44-15-4-8-19-48(44)51)38-12-11-13-42(34-38)53-49-20-9-5-16-45(49)46-17-6-10-21-50(46)53/h3-34H,1-2H3. The number of aryl methyl sites for hydroxylation is 2. The maximum Gasteiger partial charge on any atom is 0.0714 e. The summed E-state index contributed by atoms with van der Waals surface area (Å²) in [7, 11) is 0. The molecule has 10 rings (SSSR count). The molecule has 0 fully saturated rings. The number of para-hydroxylation sites is 2. The largest absolute Gasteiger partial charge is 0.311 e. The van der Waals surface area contributed by atoms with Gasteiger partial charge in [-0.15, -0.1) is 0 Å². The lowest BCUT2D eigenvalue weighted by molar-refractivity contribution is 0.767. The molecule has 1 aliphatic rings. The molecule has 1 heterocycles. The van der Waals surface area contributed by atoms with Crippen molar-refractivity contribution in [2.24, 2.45) is 0 Å². The second-order valence-electron chi connectivity index (χ2n) is 14.3. The van der Waals surface area contributed by atoms with Crippen LogP contribution < -0.4 is 4.90 Å². The molecule has 0 amide bonds. The maximum absolute atomic E-state index is 2.43. The van der Waals surface area contributed by atoms with E-state index in [0.717, 1.165) is 22.7 Å². The number of benzene rings is 8. The topological polar surface area (TPSA) is 8.17 Å². The molecular formula is C51H38N2. The molecule has 252 valence electrons. The van der Waals surface area contributed by atoms with Crippen LogP contribution in [0.15, 0.2) is 194 Å². The summed E-state index contributed by atoms with van der Waals surface area (Å²) in [5.41, 5.74) is 16.6. The molecule has 0 N–H and O–H groups in total. The highest BCUT2D eigenvalue weighted by Crippen LogP contribution is 2.56. The summed E-state index contributed by atoms with van der Waals surface area (Å²) >= 11 is 0. The van der Waals surface area contributed by atoms with Crippen molar-refractivity contribution >= 4 is 38.9 Å². The predicted molar refractivity (Wildman–Crippen MR) is 222 cm³/mol. The van der Waals surface area contributed by atoms with Gasteiger partial charge >= 0.3 is 0 Å². The lowest BCUT2D eigenvalue weighted by atomic mass is 9.67. The zero-order valence-corrected chi connectivity index (χ0v) is 29.9. The number of aromatic nitrogens is 1. The Morgan fingerprint density at radius 1 is 0.396 bits per heavy atom. The van der Waals surface area contributed by atoms with Crippen molar-refractivity contribution in [1.82, 2.24) is 4.57 Å². The van der Waals surface area contributed by atoms with Crippen LogP contribution in [0.5, 0.6) is 0 Å². The van der Waals surface area contributed by atoms with Crippen LogP contribution >= 0.6 is 0 Å². The highest BCUT2D eigenvalue weighted by atomic mass is 15.1. The van der Waals surface area contributed by atoms with Crippen LogP contribution in [0.1, 0.15) is 33.4 Å². The van der Waals surface area contributed by atoms with Crippen molar-refractivity contribution < 1.29 is 0 Å². The van der Waals surface area contributed by atoms with Crippen LogP contribution in [0.3, 0.4) is 0 Å². The number of nitrogens with zero attached hydrogens (tertiary/aromatic N) is 2. The Kier molecular flexibility index (Phi) is 7.19. The summed E-state index contributed by atoms with van der Waals surface area (Å²) in [6, 6.07) is 71.7. The quantitative estimate of drug-likeness (QED) is 0.170. The molecule has 2 nitrogen and oxygen atoms in total. The summed E-state index contributed by atoms with van der Waals surface area (Å²) in [6.45, 7) is 4.28. The average Bonchev–Trinajstić information content (AvgIpc) is 3.71. The van der Waals surface area contributed by atoms with Crippen molar-refractivity contribution in [2.75, 3.05) is 4.90 Å². The van der Waals surface area contributed by atoms with Gasteiger partial charge in [0, 0.05) is 33.5 Å². The van der Waals surface area contributed by atoms with Gasteiger partial charge in [0.2, 0.25) is 0 Å². The minimum atomic E-state index is -0.529. The Bertz CT molecular complexity index is 2640. The van der Waals surface area contributed by atoms with Crippen LogP contribution in [0.25, 0.3) is 38.6 Å². The molecule has 1 aliphatic carbocycles. The van der Waals surface area contributed by atoms with Gasteiger partial charge in [0.05, 0.1) is 16.4 Å². The highest BCUT2D eigenvalue weighted by Gasteiger charge is 2.46. The van der Waals surface area contributed by atoms with Crippen LogP contribution in [-0.4, -0.2) is 4.57 Å². The van der Waals surface area contributed by atoms with E-state index in [1.54, 1.807) is 0 Å². The zero-order chi connectivity index (χ0) is 35.5. The fourth-order valence-electron chi connectivity index (χ4n) is 8.80. The first-order valence-corrected chi connectivity index (χ1v) is 18.4. The van der Waals surface area contributed by atoms with Crippen molar-refractivity contribution in [3.63, 3.8) is 0 Å². The van der Waals surface area contributed by atoms with E-state index in [1.165, 1.54) is 66.3 Å². The first-order chi connectivity index (χ1) is 26.1. The number of fused-ring (bicyclic) bond motifs is 6. The lowest BCUT2D eigenvalue weighted by Crippen LogP contribution is -2.28. The third kappa shape index (κ3) is 4.80. The van der Waals surface area contributed by atoms with E-state index in [1.807, 2.05) is 0 Å². The Morgan fingerprint density at radius 2 is 0.849 bits per heavy atom. The van der Waals surface area contributed by atoms with Crippen LogP contribution in [0.2, 0.25) is 0 Å². The van der Waals surface area contributed by atoms with Crippen molar-refractivity contribution in [1.29, 1.82) is 0 Å². The number of hydrogen-bond acceptors (Lipinski definition) is 1. The van der Waals surface area contributed by atoms with E-state index >= 15 is 0 Å². The molecule has 2 heteroatoms. The Labute approximate surface area is 310 Å². The Balaban J connectivity index is 1.20. The second-order valence-corrected chi connectivity index (χ2v) is 14.3. The molecular weight excluding hydrogens is 641 g/mol. The molecule has 1 aromatic heterocycles. The molecule has 53 heavy (non-hydrogen) atoms. The monoisotopic (exact) mass is 678 g/mol. The molecule has 0 unspecified atom stereocenters. The SMILES string of the molecule is Cc1ccc(N(c2ccc(C)cc2)c2ccc(C3(c4cccc(-n5c6ccccc6c6ccccc65)c4)c4ccccc4-c4ccccc43)cc2)cc1. The molecule has 0 atom stereocenters. The third-order valence-electron chi connectivity index (χ3n) is 11.2. The van der Waals surface area contributed by atoms with E-state index in [9.17, 15) is 0 Å². The Hall–Kier alpha value is -6.64. The van der Waals surface area contributed by atoms with Crippen molar-refractivity contribution in [2.45, 2.75) is 19.3 Å². The van der Waals surface area contributed by atoms with Gasteiger partial charge in [-0.05, 0) is 108 Å². The molecule has 0 saturated heterocycles. The van der Waals surface area contributed by atoms with E-state index < -0.39 is 5.41 Å². The van der Waals surface area contributed by atoms with Crippen molar-refractivity contribution in [3.8, 4) is 16.8 Å². The summed E-state index contributed by atoms with van der Waals surface area (Å²) < 4.78 is 2.43. The van der Waals surface area contributed by atoms with Gasteiger partial charge in [-0.25, -0.2) is 0 Å². The zero-order valence-electron chi connectivity index (χ0n) is 29.9. The average molecular weight is 679 g/mol. The van der Waals surface area contributed by atoms with Gasteiger partial charge in [-0.3, -0.25) is 0 Å². The second kappa shape index (κ2) is 12.3. The van der Waals surface area contributed by atoms with Gasteiger partial charge in [0.15, 0.2) is 0 Å². The van der Waals surface area contributed by atoms with E-state index in [0.29, 0.717) is 0 Å². The van der Waals surface area contributed by atoms with E-state index in [4.69, 9.17) is 0 Å². The molecule has 0 bridgehead atoms. The number of anilines is 3. The maximum atomic E-state index is 2.43. The molecule has 8 aromatic carbocycles. The van der Waals surface area contributed by atoms with Crippen LogP contribution in [0, 0.1) is 13.8 Å². The number of hydrogen-bond donors (Lipinski definition) is 0. The molecule has 0 spiro atoms. The fraction of sp³-hybridized carbons (Fsp3) is 0.0588. The fourth-order valence-corrected chi connectivity index (χ4v) is 8.80. The van der Waals surface area contributed by atoms with Gasteiger partial charge in [0.1, 0.15) is 0 Å². The highest BCUT2D eigenvalue weighted by molar-refractivity contribution is 6.09.